The van der Waals surface area contributed by atoms with E-state index in [1.54, 1.807) is 17.2 Å². The molecular formula is C22H22N4O. The quantitative estimate of drug-likeness (QED) is 0.540. The van der Waals surface area contributed by atoms with Crippen LogP contribution in [0.5, 0.6) is 0 Å². The largest absolute Gasteiger partial charge is 0.336 e. The number of nitrogens with zero attached hydrogens (tertiary/aromatic N) is 4. The number of hydrogen-bond acceptors (Lipinski definition) is 3. The van der Waals surface area contributed by atoms with Crippen LogP contribution >= 0.6 is 0 Å². The topological polar surface area (TPSA) is 52.7 Å². The third-order valence-electron chi connectivity index (χ3n) is 4.85. The van der Waals surface area contributed by atoms with Crippen LogP contribution in [0, 0.1) is 0 Å². The summed E-state index contributed by atoms with van der Waals surface area (Å²) < 4.78 is 3.51. The van der Waals surface area contributed by atoms with Crippen molar-refractivity contribution in [2.24, 2.45) is 0 Å². The Labute approximate surface area is 157 Å². The van der Waals surface area contributed by atoms with Crippen molar-refractivity contribution >= 4 is 10.8 Å². The monoisotopic (exact) mass is 358 g/mol. The summed E-state index contributed by atoms with van der Waals surface area (Å²) in [5, 5.41) is 6.30. The van der Waals surface area contributed by atoms with E-state index in [9.17, 15) is 4.79 Å². The predicted octanol–water partition coefficient (Wildman–Crippen LogP) is 4.08. The highest BCUT2D eigenvalue weighted by atomic mass is 16.1. The first-order valence-corrected chi connectivity index (χ1v) is 9.19. The lowest BCUT2D eigenvalue weighted by Gasteiger charge is -2.12. The number of benzene rings is 2. The zero-order chi connectivity index (χ0) is 18.8. The van der Waals surface area contributed by atoms with Gasteiger partial charge in [0.05, 0.1) is 24.0 Å². The number of imidazole rings is 1. The Morgan fingerprint density at radius 2 is 1.70 bits per heavy atom. The van der Waals surface area contributed by atoms with E-state index in [0.717, 1.165) is 16.6 Å². The van der Waals surface area contributed by atoms with Gasteiger partial charge < -0.3 is 4.57 Å². The molecule has 5 heteroatoms. The summed E-state index contributed by atoms with van der Waals surface area (Å²) in [6.45, 7) is 5.51. The highest BCUT2D eigenvalue weighted by molar-refractivity contribution is 5.93. The second kappa shape index (κ2) is 7.19. The zero-order valence-corrected chi connectivity index (χ0v) is 15.5. The Morgan fingerprint density at radius 3 is 2.37 bits per heavy atom. The maximum atomic E-state index is 12.9. The minimum atomic E-state index is -0.0618. The molecule has 0 spiro atoms. The fourth-order valence-electron chi connectivity index (χ4n) is 3.26. The molecule has 0 aliphatic rings. The van der Waals surface area contributed by atoms with Crippen LogP contribution in [0.15, 0.2) is 72.0 Å². The van der Waals surface area contributed by atoms with Crippen LogP contribution in [0.4, 0.5) is 0 Å². The molecule has 0 aliphatic heterocycles. The summed E-state index contributed by atoms with van der Waals surface area (Å²) in [6, 6.07) is 16.1. The SMILES string of the molecule is CC(C)c1ccc(-c2nn(CCn3ccnc3)c(=O)c3ccccc23)cc1. The molecule has 0 unspecified atom stereocenters. The van der Waals surface area contributed by atoms with Crippen LogP contribution in [-0.2, 0) is 13.1 Å². The Morgan fingerprint density at radius 1 is 0.963 bits per heavy atom. The van der Waals surface area contributed by atoms with Gasteiger partial charge in [0, 0.05) is 29.9 Å². The van der Waals surface area contributed by atoms with Crippen molar-refractivity contribution < 1.29 is 0 Å². The maximum absolute atomic E-state index is 12.9. The van der Waals surface area contributed by atoms with Crippen LogP contribution < -0.4 is 5.56 Å². The molecule has 0 saturated heterocycles. The second-order valence-corrected chi connectivity index (χ2v) is 7.00. The molecule has 27 heavy (non-hydrogen) atoms. The van der Waals surface area contributed by atoms with E-state index in [0.29, 0.717) is 24.4 Å². The molecule has 0 amide bonds. The molecule has 4 rings (SSSR count). The minimum Gasteiger partial charge on any atom is -0.336 e. The first kappa shape index (κ1) is 17.2. The Hall–Kier alpha value is -3.21. The van der Waals surface area contributed by atoms with Gasteiger partial charge in [0.2, 0.25) is 0 Å². The van der Waals surface area contributed by atoms with E-state index in [1.165, 1.54) is 5.56 Å². The van der Waals surface area contributed by atoms with Gasteiger partial charge in [-0.15, -0.1) is 0 Å². The fraction of sp³-hybridized carbons (Fsp3) is 0.227. The van der Waals surface area contributed by atoms with E-state index >= 15 is 0 Å². The van der Waals surface area contributed by atoms with Crippen molar-refractivity contribution in [1.29, 1.82) is 0 Å². The van der Waals surface area contributed by atoms with Crippen molar-refractivity contribution in [1.82, 2.24) is 19.3 Å². The van der Waals surface area contributed by atoms with Gasteiger partial charge in [-0.05, 0) is 17.5 Å². The Balaban J connectivity index is 1.81. The molecular weight excluding hydrogens is 336 g/mol. The van der Waals surface area contributed by atoms with E-state index in [4.69, 9.17) is 5.10 Å². The lowest BCUT2D eigenvalue weighted by atomic mass is 9.99. The molecule has 0 N–H and O–H groups in total. The molecule has 2 aromatic heterocycles. The van der Waals surface area contributed by atoms with Gasteiger partial charge >= 0.3 is 0 Å². The first-order chi connectivity index (χ1) is 13.1. The molecule has 0 fully saturated rings. The number of rotatable bonds is 5. The minimum absolute atomic E-state index is 0.0618. The molecule has 2 aromatic carbocycles. The Bertz CT molecular complexity index is 1110. The second-order valence-electron chi connectivity index (χ2n) is 7.00. The van der Waals surface area contributed by atoms with Gasteiger partial charge in [-0.1, -0.05) is 56.3 Å². The number of aryl methyl sites for hydroxylation is 2. The molecule has 5 nitrogen and oxygen atoms in total. The van der Waals surface area contributed by atoms with Crippen LogP contribution in [0.3, 0.4) is 0 Å². The van der Waals surface area contributed by atoms with E-state index in [2.05, 4.69) is 43.1 Å². The molecule has 4 aromatic rings. The fourth-order valence-corrected chi connectivity index (χ4v) is 3.26. The van der Waals surface area contributed by atoms with Gasteiger partial charge in [-0.3, -0.25) is 4.79 Å². The summed E-state index contributed by atoms with van der Waals surface area (Å²) in [7, 11) is 0. The molecule has 0 aliphatic carbocycles. The third kappa shape index (κ3) is 3.40. The van der Waals surface area contributed by atoms with Crippen molar-refractivity contribution in [3.63, 3.8) is 0 Å². The molecule has 136 valence electrons. The average molecular weight is 358 g/mol. The molecule has 0 bridgehead atoms. The van der Waals surface area contributed by atoms with Gasteiger partial charge in [-0.25, -0.2) is 9.67 Å². The van der Waals surface area contributed by atoms with Gasteiger partial charge in [0.25, 0.3) is 5.56 Å². The summed E-state index contributed by atoms with van der Waals surface area (Å²) >= 11 is 0. The lowest BCUT2D eigenvalue weighted by molar-refractivity contribution is 0.516. The van der Waals surface area contributed by atoms with Gasteiger partial charge in [0.1, 0.15) is 0 Å². The summed E-state index contributed by atoms with van der Waals surface area (Å²) in [5.74, 6) is 0.480. The van der Waals surface area contributed by atoms with E-state index in [-0.39, 0.29) is 5.56 Å². The number of hydrogen-bond donors (Lipinski definition) is 0. The summed E-state index contributed by atoms with van der Waals surface area (Å²) in [4.78, 5) is 16.9. The van der Waals surface area contributed by atoms with Crippen LogP contribution in [0.25, 0.3) is 22.0 Å². The Kier molecular flexibility index (Phi) is 4.59. The first-order valence-electron chi connectivity index (χ1n) is 9.19. The summed E-state index contributed by atoms with van der Waals surface area (Å²) in [6.07, 6.45) is 5.37. The highest BCUT2D eigenvalue weighted by Gasteiger charge is 2.12. The van der Waals surface area contributed by atoms with Gasteiger partial charge in [0.15, 0.2) is 0 Å². The maximum Gasteiger partial charge on any atom is 0.274 e. The summed E-state index contributed by atoms with van der Waals surface area (Å²) in [5.41, 5.74) is 3.09. The zero-order valence-electron chi connectivity index (χ0n) is 15.5. The van der Waals surface area contributed by atoms with Crippen molar-refractivity contribution in [2.75, 3.05) is 0 Å². The van der Waals surface area contributed by atoms with Crippen molar-refractivity contribution in [2.45, 2.75) is 32.9 Å². The van der Waals surface area contributed by atoms with Gasteiger partial charge in [-0.2, -0.15) is 5.10 Å². The molecule has 0 atom stereocenters. The predicted molar refractivity (Wildman–Crippen MR) is 108 cm³/mol. The van der Waals surface area contributed by atoms with Crippen LogP contribution in [-0.4, -0.2) is 19.3 Å². The normalized spacial score (nSPS) is 11.4. The lowest BCUT2D eigenvalue weighted by Crippen LogP contribution is -2.25. The third-order valence-corrected chi connectivity index (χ3v) is 4.85. The smallest absolute Gasteiger partial charge is 0.274 e. The number of aromatic nitrogens is 4. The molecule has 0 saturated carbocycles. The molecule has 2 heterocycles. The van der Waals surface area contributed by atoms with Crippen molar-refractivity contribution in [3.05, 3.63) is 83.2 Å². The van der Waals surface area contributed by atoms with Crippen molar-refractivity contribution in [3.8, 4) is 11.3 Å². The number of fused-ring (bicyclic) bond motifs is 1. The van der Waals surface area contributed by atoms with Crippen LogP contribution in [0.1, 0.15) is 25.3 Å². The standard InChI is InChI=1S/C22H22N4O/c1-16(2)17-7-9-18(10-8-17)21-19-5-3-4-6-20(19)22(27)26(24-21)14-13-25-12-11-23-15-25/h3-12,15-16H,13-14H2,1-2H3. The highest BCUT2D eigenvalue weighted by Crippen LogP contribution is 2.26. The average Bonchev–Trinajstić information content (AvgIpc) is 3.21. The molecule has 0 radical (unpaired) electrons. The van der Waals surface area contributed by atoms with E-state index in [1.807, 2.05) is 35.0 Å². The van der Waals surface area contributed by atoms with E-state index < -0.39 is 0 Å². The van der Waals surface area contributed by atoms with Crippen LogP contribution in [0.2, 0.25) is 0 Å².